The van der Waals surface area contributed by atoms with Crippen LogP contribution < -0.4 is 25.4 Å². The van der Waals surface area contributed by atoms with Crippen LogP contribution in [0, 0.1) is 17.7 Å². The molecule has 498 valence electrons. The number of nitrogens with zero attached hydrogens (tertiary/aromatic N) is 3. The maximum atomic E-state index is 14.3. The fourth-order valence-electron chi connectivity index (χ4n) is 13.3. The van der Waals surface area contributed by atoms with Crippen molar-refractivity contribution in [2.24, 2.45) is 11.8 Å². The molecule has 6 aromatic rings. The summed E-state index contributed by atoms with van der Waals surface area (Å²) in [5.41, 5.74) is 11.3. The first-order chi connectivity index (χ1) is 45.4. The van der Waals surface area contributed by atoms with Crippen LogP contribution >= 0.6 is 0 Å². The van der Waals surface area contributed by atoms with E-state index < -0.39 is 30.0 Å². The van der Waals surface area contributed by atoms with Crippen molar-refractivity contribution in [2.75, 3.05) is 106 Å². The Morgan fingerprint density at radius 2 is 0.903 bits per heavy atom. The van der Waals surface area contributed by atoms with Gasteiger partial charge < -0.3 is 55.0 Å². The standard InChI is InChI=1S/C26H34N2O4.C25H31FN2O3.C24H30N2O4/c1-31-25-14-20(12-19-7-10-32-11-8-19)13-23(15-25)26(30)27-16-24(29)18-28-9-6-21-4-2-3-5-22(21)17-28;26-24-6-5-19(13-18-8-11-31-12-9-18)14-23(24)25(30)27-15-22(29)17-28-10-7-20-3-1-2-4-21(20)16-28;27-21(17-26-12-9-18-3-1-2-4-20(18)16-26)15-25-24(28)19-5-7-22(8-6-19)30-23-10-13-29-14-11-23/h2-5,13-15,19,24,29H,6-12,16-18H2,1H3,(H,27,30);1-6,14,18,22,29H,7-13,15-17H2,(H,27,30);1-8,21,23,27H,9-17H2,(H,25,28). The van der Waals surface area contributed by atoms with Gasteiger partial charge in [0.1, 0.15) is 23.4 Å². The summed E-state index contributed by atoms with van der Waals surface area (Å²) in [6, 6.07) is 42.9. The zero-order valence-electron chi connectivity index (χ0n) is 54.0. The average molecular weight is 1280 g/mol. The van der Waals surface area contributed by atoms with Gasteiger partial charge in [0.15, 0.2) is 0 Å². The van der Waals surface area contributed by atoms with E-state index in [1.54, 1.807) is 37.4 Å². The lowest BCUT2D eigenvalue weighted by atomic mass is 9.91. The minimum absolute atomic E-state index is 0.0451. The molecule has 18 heteroatoms. The van der Waals surface area contributed by atoms with Gasteiger partial charge in [0.25, 0.3) is 17.7 Å². The molecule has 0 aliphatic carbocycles. The predicted octanol–water partition coefficient (Wildman–Crippen LogP) is 8.15. The minimum Gasteiger partial charge on any atom is -0.497 e. The number of hydrogen-bond donors (Lipinski definition) is 6. The molecular formula is C75H95FN6O11. The summed E-state index contributed by atoms with van der Waals surface area (Å²) in [5.74, 6) is 1.16. The summed E-state index contributed by atoms with van der Waals surface area (Å²) in [4.78, 5) is 44.5. The smallest absolute Gasteiger partial charge is 0.254 e. The molecule has 0 bridgehead atoms. The molecule has 6 aliphatic heterocycles. The molecule has 3 amide bonds. The third-order valence-corrected chi connectivity index (χ3v) is 18.6. The summed E-state index contributed by atoms with van der Waals surface area (Å²) in [6.45, 7) is 11.9. The molecule has 6 N–H and O–H groups in total. The van der Waals surface area contributed by atoms with Crippen LogP contribution in [-0.2, 0) is 65.9 Å². The van der Waals surface area contributed by atoms with E-state index in [4.69, 9.17) is 23.7 Å². The van der Waals surface area contributed by atoms with E-state index in [-0.39, 0.29) is 43.1 Å². The largest absolute Gasteiger partial charge is 0.497 e. The molecule has 0 saturated carbocycles. The van der Waals surface area contributed by atoms with Gasteiger partial charge in [-0.1, -0.05) is 78.9 Å². The lowest BCUT2D eigenvalue weighted by Gasteiger charge is -2.30. The molecule has 12 rings (SSSR count). The van der Waals surface area contributed by atoms with Gasteiger partial charge in [-0.3, -0.25) is 29.1 Å². The Morgan fingerprint density at radius 1 is 0.484 bits per heavy atom. The van der Waals surface area contributed by atoms with E-state index in [2.05, 4.69) is 97.4 Å². The highest BCUT2D eigenvalue weighted by molar-refractivity contribution is 5.95. The van der Waals surface area contributed by atoms with Crippen molar-refractivity contribution in [3.63, 3.8) is 0 Å². The topological polar surface area (TPSA) is 204 Å². The lowest BCUT2D eigenvalue weighted by molar-refractivity contribution is 0.0255. The summed E-state index contributed by atoms with van der Waals surface area (Å²) in [5, 5.41) is 39.8. The van der Waals surface area contributed by atoms with Gasteiger partial charge >= 0.3 is 0 Å². The van der Waals surface area contributed by atoms with E-state index in [1.807, 2.05) is 30.3 Å². The summed E-state index contributed by atoms with van der Waals surface area (Å²) < 4.78 is 41.8. The van der Waals surface area contributed by atoms with Crippen molar-refractivity contribution in [1.82, 2.24) is 30.7 Å². The zero-order chi connectivity index (χ0) is 64.7. The van der Waals surface area contributed by atoms with Crippen LogP contribution in [0.1, 0.15) is 114 Å². The molecule has 6 heterocycles. The van der Waals surface area contributed by atoms with Crippen LogP contribution in [0.5, 0.6) is 11.5 Å². The first-order valence-electron chi connectivity index (χ1n) is 33.6. The second kappa shape index (κ2) is 35.4. The van der Waals surface area contributed by atoms with Crippen LogP contribution in [0.4, 0.5) is 4.39 Å². The third-order valence-electron chi connectivity index (χ3n) is 18.6. The van der Waals surface area contributed by atoms with Crippen molar-refractivity contribution in [1.29, 1.82) is 0 Å². The molecule has 3 atom stereocenters. The number of benzene rings is 6. The van der Waals surface area contributed by atoms with E-state index >= 15 is 0 Å². The number of β-amino-alcohol motifs (C(OH)–C–C–N with tert-alkyl or cyclic N) is 3. The highest BCUT2D eigenvalue weighted by Gasteiger charge is 2.25. The average Bonchev–Trinajstić information content (AvgIpc) is 1.65. The number of nitrogens with one attached hydrogen (secondary N) is 3. The molecule has 0 aromatic heterocycles. The molecule has 0 spiro atoms. The Hall–Kier alpha value is -7.10. The van der Waals surface area contributed by atoms with E-state index in [9.17, 15) is 34.1 Å². The van der Waals surface area contributed by atoms with Crippen molar-refractivity contribution in [2.45, 2.75) is 115 Å². The summed E-state index contributed by atoms with van der Waals surface area (Å²) >= 11 is 0. The molecule has 6 aliphatic rings. The van der Waals surface area contributed by atoms with Gasteiger partial charge in [0, 0.05) is 129 Å². The normalized spacial score (nSPS) is 18.3. The third kappa shape index (κ3) is 21.5. The quantitative estimate of drug-likeness (QED) is 0.0380. The van der Waals surface area contributed by atoms with Gasteiger partial charge in [0.05, 0.1) is 44.2 Å². The molecule has 6 aromatic carbocycles. The number of halogens is 1. The maximum absolute atomic E-state index is 14.3. The monoisotopic (exact) mass is 1270 g/mol. The number of methoxy groups -OCH3 is 1. The lowest BCUT2D eigenvalue weighted by Crippen LogP contribution is -2.42. The maximum Gasteiger partial charge on any atom is 0.254 e. The molecule has 0 radical (unpaired) electrons. The van der Waals surface area contributed by atoms with Crippen molar-refractivity contribution in [3.8, 4) is 11.5 Å². The number of amides is 3. The van der Waals surface area contributed by atoms with Gasteiger partial charge in [0.2, 0.25) is 0 Å². The number of fused-ring (bicyclic) bond motifs is 3. The van der Waals surface area contributed by atoms with Gasteiger partial charge in [-0.25, -0.2) is 4.39 Å². The van der Waals surface area contributed by atoms with Crippen molar-refractivity contribution < 1.29 is 57.8 Å². The van der Waals surface area contributed by atoms with Gasteiger partial charge in [-0.2, -0.15) is 0 Å². The minimum atomic E-state index is -0.706. The molecule has 3 unspecified atom stereocenters. The molecule has 3 fully saturated rings. The van der Waals surface area contributed by atoms with E-state index in [0.29, 0.717) is 48.3 Å². The van der Waals surface area contributed by atoms with E-state index in [0.717, 1.165) is 166 Å². The van der Waals surface area contributed by atoms with E-state index in [1.165, 1.54) is 39.4 Å². The van der Waals surface area contributed by atoms with Gasteiger partial charge in [-0.15, -0.1) is 0 Å². The second-order valence-corrected chi connectivity index (χ2v) is 25.7. The number of rotatable bonds is 22. The number of aliphatic hydroxyl groups is 3. The van der Waals surface area contributed by atoms with Crippen molar-refractivity contribution >= 4 is 17.7 Å². The van der Waals surface area contributed by atoms with Crippen LogP contribution in [-0.4, -0.2) is 178 Å². The SMILES string of the molecule is COc1cc(CC2CCOCC2)cc(C(=O)NCC(O)CN2CCc3ccccc3C2)c1.O=C(NCC(O)CN1CCc2ccccc2C1)c1cc(CC2CCOCC2)ccc1F.O=C(NCC(O)CN1CCc2ccccc2C1)c1ccc(OC2CCOCC2)cc1. The predicted molar refractivity (Wildman–Crippen MR) is 356 cm³/mol. The van der Waals surface area contributed by atoms with Crippen LogP contribution in [0.15, 0.2) is 133 Å². The van der Waals surface area contributed by atoms with Crippen LogP contribution in [0.2, 0.25) is 0 Å². The van der Waals surface area contributed by atoms with Crippen LogP contribution in [0.3, 0.4) is 0 Å². The molecule has 93 heavy (non-hydrogen) atoms. The number of ether oxygens (including phenoxy) is 5. The highest BCUT2D eigenvalue weighted by Crippen LogP contribution is 2.27. The number of hydrogen-bond acceptors (Lipinski definition) is 14. The Bertz CT molecular complexity index is 3340. The highest BCUT2D eigenvalue weighted by atomic mass is 19.1. The number of carbonyl (C=O) groups excluding carboxylic acids is 3. The first-order valence-corrected chi connectivity index (χ1v) is 33.6. The number of aliphatic hydroxyl groups excluding tert-OH is 3. The van der Waals surface area contributed by atoms with Gasteiger partial charge in [-0.05, 0) is 169 Å². The summed E-state index contributed by atoms with van der Waals surface area (Å²) in [7, 11) is 1.62. The fraction of sp³-hybridized carbons (Fsp3) is 0.480. The zero-order valence-corrected chi connectivity index (χ0v) is 54.0. The van der Waals surface area contributed by atoms with Crippen LogP contribution in [0.25, 0.3) is 0 Å². The molecule has 17 nitrogen and oxygen atoms in total. The Morgan fingerprint density at radius 3 is 1.37 bits per heavy atom. The molecular weight excluding hydrogens is 1180 g/mol. The Labute approximate surface area is 547 Å². The fourth-order valence-corrected chi connectivity index (χ4v) is 13.3. The van der Waals surface area contributed by atoms with Crippen molar-refractivity contribution in [3.05, 3.63) is 200 Å². The Balaban J connectivity index is 0.000000153. The molecule has 3 saturated heterocycles. The second-order valence-electron chi connectivity index (χ2n) is 25.7. The first kappa shape index (κ1) is 68.8. The summed E-state index contributed by atoms with van der Waals surface area (Å²) in [6.07, 6.45) is 8.81. The Kier molecular flexibility index (Phi) is 26.2. The number of carbonyl (C=O) groups is 3.